The predicted molar refractivity (Wildman–Crippen MR) is 44.7 cm³/mol. The van der Waals surface area contributed by atoms with Crippen molar-refractivity contribution >= 4 is 0 Å². The third-order valence-electron chi connectivity index (χ3n) is 1.77. The second-order valence-electron chi connectivity index (χ2n) is 2.67. The molecule has 1 aliphatic carbocycles. The highest BCUT2D eigenvalue weighted by Crippen LogP contribution is 2.11. The zero-order chi connectivity index (χ0) is 7.23. The van der Waals surface area contributed by atoms with Crippen molar-refractivity contribution in [1.82, 2.24) is 0 Å². The Morgan fingerprint density at radius 1 is 1.20 bits per heavy atom. The number of allylic oxidation sites excluding steroid dienone is 4. The summed E-state index contributed by atoms with van der Waals surface area (Å²) in [5, 5.41) is 0. The lowest BCUT2D eigenvalue weighted by molar-refractivity contribution is 0.720. The van der Waals surface area contributed by atoms with Gasteiger partial charge in [-0.1, -0.05) is 24.3 Å². The molecule has 0 unspecified atom stereocenters. The molecule has 1 rings (SSSR count). The summed E-state index contributed by atoms with van der Waals surface area (Å²) in [5.41, 5.74) is 5.44. The monoisotopic (exact) mass is 137 g/mol. The van der Waals surface area contributed by atoms with E-state index in [4.69, 9.17) is 5.73 Å². The van der Waals surface area contributed by atoms with Gasteiger partial charge in [-0.3, -0.25) is 0 Å². The normalized spacial score (nSPS) is 19.3. The van der Waals surface area contributed by atoms with Crippen LogP contribution in [0.25, 0.3) is 0 Å². The van der Waals surface area contributed by atoms with E-state index in [9.17, 15) is 0 Å². The first kappa shape index (κ1) is 7.55. The minimum atomic E-state index is 0.604. The summed E-state index contributed by atoms with van der Waals surface area (Å²) in [7, 11) is 0. The van der Waals surface area contributed by atoms with Crippen LogP contribution < -0.4 is 5.73 Å². The summed E-state index contributed by atoms with van der Waals surface area (Å²) in [6, 6.07) is 0. The van der Waals surface area contributed by atoms with Crippen LogP contribution in [0.2, 0.25) is 0 Å². The van der Waals surface area contributed by atoms with E-state index in [1.807, 2.05) is 0 Å². The fraction of sp³-hybridized carbons (Fsp3) is 0.556. The molecule has 10 heavy (non-hydrogen) atoms. The molecule has 0 aromatic heterocycles. The Bertz CT molecular complexity index is 122. The van der Waals surface area contributed by atoms with Crippen LogP contribution in [0.4, 0.5) is 0 Å². The highest BCUT2D eigenvalue weighted by Gasteiger charge is 1.99. The molecule has 1 heteroatoms. The first-order valence-electron chi connectivity index (χ1n) is 3.97. The molecule has 0 spiro atoms. The summed E-state index contributed by atoms with van der Waals surface area (Å²) in [6.07, 6.45) is 12.5. The van der Waals surface area contributed by atoms with Crippen molar-refractivity contribution in [3.8, 4) is 0 Å². The maximum absolute atomic E-state index is 5.44. The van der Waals surface area contributed by atoms with Crippen molar-refractivity contribution in [1.29, 1.82) is 0 Å². The molecule has 0 radical (unpaired) electrons. The minimum Gasteiger partial charge on any atom is -0.330 e. The topological polar surface area (TPSA) is 26.0 Å². The van der Waals surface area contributed by atoms with Crippen molar-refractivity contribution < 1.29 is 0 Å². The van der Waals surface area contributed by atoms with E-state index in [0.717, 1.165) is 13.0 Å². The fourth-order valence-electron chi connectivity index (χ4n) is 1.18. The Balaban J connectivity index is 2.39. The Labute approximate surface area is 62.6 Å². The minimum absolute atomic E-state index is 0.604. The van der Waals surface area contributed by atoms with Gasteiger partial charge in [-0.15, -0.1) is 0 Å². The van der Waals surface area contributed by atoms with Gasteiger partial charge in [0.25, 0.3) is 0 Å². The number of nitrogens with two attached hydrogens (primary N) is 1. The van der Waals surface area contributed by atoms with Crippen molar-refractivity contribution in [2.24, 2.45) is 11.7 Å². The molecule has 1 nitrogen and oxygen atoms in total. The lowest BCUT2D eigenvalue weighted by atomic mass is 10.1. The molecule has 0 saturated carbocycles. The third-order valence-corrected chi connectivity index (χ3v) is 1.77. The molecular weight excluding hydrogens is 122 g/mol. The summed E-state index contributed by atoms with van der Waals surface area (Å²) in [5.74, 6) is 0.604. The van der Waals surface area contributed by atoms with Gasteiger partial charge in [0.1, 0.15) is 0 Å². The van der Waals surface area contributed by atoms with Crippen molar-refractivity contribution in [2.75, 3.05) is 6.54 Å². The number of hydrogen-bond donors (Lipinski definition) is 1. The molecule has 1 aliphatic rings. The quantitative estimate of drug-likeness (QED) is 0.577. The van der Waals surface area contributed by atoms with Crippen LogP contribution in [0.15, 0.2) is 24.3 Å². The van der Waals surface area contributed by atoms with Crippen LogP contribution in [0.3, 0.4) is 0 Å². The van der Waals surface area contributed by atoms with Gasteiger partial charge in [-0.05, 0) is 31.7 Å². The Morgan fingerprint density at radius 3 is 2.30 bits per heavy atom. The van der Waals surface area contributed by atoms with E-state index in [1.165, 1.54) is 12.8 Å². The van der Waals surface area contributed by atoms with Gasteiger partial charge in [-0.25, -0.2) is 0 Å². The molecule has 2 N–H and O–H groups in total. The molecular formula is C9H15N. The standard InChI is InChI=1S/C9H15N/c10-8-7-9-5-3-1-2-4-6-9/h3-6,9H,1-2,7-8,10H2. The van der Waals surface area contributed by atoms with Crippen molar-refractivity contribution in [3.05, 3.63) is 24.3 Å². The first-order chi connectivity index (χ1) is 4.93. The van der Waals surface area contributed by atoms with Crippen molar-refractivity contribution in [3.63, 3.8) is 0 Å². The number of hydrogen-bond acceptors (Lipinski definition) is 1. The zero-order valence-electron chi connectivity index (χ0n) is 6.29. The highest BCUT2D eigenvalue weighted by atomic mass is 14.5. The van der Waals surface area contributed by atoms with Gasteiger partial charge in [0.2, 0.25) is 0 Å². The lowest BCUT2D eigenvalue weighted by Crippen LogP contribution is -2.04. The van der Waals surface area contributed by atoms with Crippen LogP contribution in [0, 0.1) is 5.92 Å². The molecule has 0 aromatic rings. The van der Waals surface area contributed by atoms with Crippen LogP contribution in [-0.2, 0) is 0 Å². The molecule has 0 saturated heterocycles. The van der Waals surface area contributed by atoms with Crippen LogP contribution in [0.1, 0.15) is 19.3 Å². The SMILES string of the molecule is NCCC1C=CCCC=C1. The average molecular weight is 137 g/mol. The van der Waals surface area contributed by atoms with E-state index in [2.05, 4.69) is 24.3 Å². The average Bonchev–Trinajstić information content (AvgIpc) is 2.17. The van der Waals surface area contributed by atoms with E-state index >= 15 is 0 Å². The molecule has 0 aromatic carbocycles. The second-order valence-corrected chi connectivity index (χ2v) is 2.67. The summed E-state index contributed by atoms with van der Waals surface area (Å²) < 4.78 is 0. The largest absolute Gasteiger partial charge is 0.330 e. The first-order valence-corrected chi connectivity index (χ1v) is 3.97. The van der Waals surface area contributed by atoms with Gasteiger partial charge in [0.15, 0.2) is 0 Å². The zero-order valence-corrected chi connectivity index (χ0v) is 6.29. The fourth-order valence-corrected chi connectivity index (χ4v) is 1.18. The van der Waals surface area contributed by atoms with Gasteiger partial charge < -0.3 is 5.73 Å². The molecule has 56 valence electrons. The maximum Gasteiger partial charge on any atom is -0.00415 e. The molecule has 0 bridgehead atoms. The summed E-state index contributed by atoms with van der Waals surface area (Å²) in [6.45, 7) is 0.791. The van der Waals surface area contributed by atoms with Crippen LogP contribution >= 0.6 is 0 Å². The molecule has 0 fully saturated rings. The van der Waals surface area contributed by atoms with Gasteiger partial charge in [-0.2, -0.15) is 0 Å². The Kier molecular flexibility index (Phi) is 3.23. The van der Waals surface area contributed by atoms with Crippen molar-refractivity contribution in [2.45, 2.75) is 19.3 Å². The molecule has 0 aliphatic heterocycles. The van der Waals surface area contributed by atoms with E-state index in [1.54, 1.807) is 0 Å². The lowest BCUT2D eigenvalue weighted by Gasteiger charge is -2.02. The number of rotatable bonds is 2. The van der Waals surface area contributed by atoms with E-state index in [-0.39, 0.29) is 0 Å². The molecule has 0 heterocycles. The Hall–Kier alpha value is -0.560. The summed E-state index contributed by atoms with van der Waals surface area (Å²) >= 11 is 0. The molecule has 0 amide bonds. The predicted octanol–water partition coefficient (Wildman–Crippen LogP) is 1.86. The van der Waals surface area contributed by atoms with E-state index in [0.29, 0.717) is 5.92 Å². The van der Waals surface area contributed by atoms with Crippen LogP contribution in [0.5, 0.6) is 0 Å². The van der Waals surface area contributed by atoms with Crippen LogP contribution in [-0.4, -0.2) is 6.54 Å². The third kappa shape index (κ3) is 2.36. The second kappa shape index (κ2) is 4.29. The van der Waals surface area contributed by atoms with Gasteiger partial charge in [0.05, 0.1) is 0 Å². The van der Waals surface area contributed by atoms with E-state index < -0.39 is 0 Å². The van der Waals surface area contributed by atoms with Gasteiger partial charge >= 0.3 is 0 Å². The maximum atomic E-state index is 5.44. The van der Waals surface area contributed by atoms with Gasteiger partial charge in [0, 0.05) is 0 Å². The summed E-state index contributed by atoms with van der Waals surface area (Å²) in [4.78, 5) is 0. The molecule has 0 atom stereocenters. The Morgan fingerprint density at radius 2 is 1.80 bits per heavy atom. The smallest absolute Gasteiger partial charge is 0.00415 e. The highest BCUT2D eigenvalue weighted by molar-refractivity contribution is 5.04.